The average Bonchev–Trinajstić information content (AvgIpc) is 2.33. The van der Waals surface area contributed by atoms with Crippen molar-refractivity contribution in [1.82, 2.24) is 4.31 Å². The van der Waals surface area contributed by atoms with Crippen molar-refractivity contribution in [3.8, 4) is 0 Å². The van der Waals surface area contributed by atoms with Gasteiger partial charge in [-0.3, -0.25) is 0 Å². The zero-order chi connectivity index (χ0) is 14.0. The van der Waals surface area contributed by atoms with Crippen LogP contribution in [0.1, 0.15) is 24.8 Å². The van der Waals surface area contributed by atoms with Crippen LogP contribution in [-0.2, 0) is 15.9 Å². The summed E-state index contributed by atoms with van der Waals surface area (Å²) in [6, 6.07) is 4.88. The first-order chi connectivity index (χ1) is 8.95. The Morgan fingerprint density at radius 1 is 1.37 bits per heavy atom. The molecule has 0 spiro atoms. The SMILES string of the molecule is CN(CC1CCC1)S(=O)(=O)c1cc(CCl)ccc1Cl. The molecule has 0 amide bonds. The molecule has 0 atom stereocenters. The van der Waals surface area contributed by atoms with Gasteiger partial charge in [-0.1, -0.05) is 24.1 Å². The standard InChI is InChI=1S/C13H17Cl2NO2S/c1-16(9-10-3-2-4-10)19(17,18)13-7-11(8-14)5-6-12(13)15/h5-7,10H,2-4,8-9H2,1H3. The van der Waals surface area contributed by atoms with E-state index in [9.17, 15) is 8.42 Å². The highest BCUT2D eigenvalue weighted by molar-refractivity contribution is 7.89. The molecule has 0 bridgehead atoms. The lowest BCUT2D eigenvalue weighted by molar-refractivity contribution is 0.263. The molecular weight excluding hydrogens is 305 g/mol. The van der Waals surface area contributed by atoms with Crippen molar-refractivity contribution in [1.29, 1.82) is 0 Å². The Hall–Kier alpha value is -0.290. The van der Waals surface area contributed by atoms with Crippen LogP contribution in [0.3, 0.4) is 0 Å². The third-order valence-electron chi connectivity index (χ3n) is 3.58. The van der Waals surface area contributed by atoms with E-state index in [1.807, 2.05) is 0 Å². The summed E-state index contributed by atoms with van der Waals surface area (Å²) < 4.78 is 26.4. The van der Waals surface area contributed by atoms with Gasteiger partial charge in [0.2, 0.25) is 10.0 Å². The number of hydrogen-bond donors (Lipinski definition) is 0. The van der Waals surface area contributed by atoms with Gasteiger partial charge in [0.1, 0.15) is 4.90 Å². The normalized spacial score (nSPS) is 16.6. The zero-order valence-electron chi connectivity index (χ0n) is 10.8. The van der Waals surface area contributed by atoms with Gasteiger partial charge < -0.3 is 0 Å². The Morgan fingerprint density at radius 3 is 2.58 bits per heavy atom. The van der Waals surface area contributed by atoms with Crippen molar-refractivity contribution < 1.29 is 8.42 Å². The second kappa shape index (κ2) is 6.00. The summed E-state index contributed by atoms with van der Waals surface area (Å²) in [5.74, 6) is 0.751. The Morgan fingerprint density at radius 2 is 2.05 bits per heavy atom. The molecule has 0 heterocycles. The molecule has 1 fully saturated rings. The van der Waals surface area contributed by atoms with Crippen LogP contribution in [0.5, 0.6) is 0 Å². The summed E-state index contributed by atoms with van der Waals surface area (Å²) in [5, 5.41) is 0.245. The molecule has 2 rings (SSSR count). The second-order valence-electron chi connectivity index (χ2n) is 4.98. The maximum Gasteiger partial charge on any atom is 0.244 e. The number of benzene rings is 1. The molecule has 3 nitrogen and oxygen atoms in total. The van der Waals surface area contributed by atoms with Crippen LogP contribution in [0.2, 0.25) is 5.02 Å². The predicted molar refractivity (Wildman–Crippen MR) is 78.2 cm³/mol. The summed E-state index contributed by atoms with van der Waals surface area (Å²) in [7, 11) is -1.92. The van der Waals surface area contributed by atoms with Crippen LogP contribution in [0.25, 0.3) is 0 Å². The molecule has 1 aromatic rings. The van der Waals surface area contributed by atoms with E-state index in [0.717, 1.165) is 18.4 Å². The minimum absolute atomic E-state index is 0.147. The molecule has 6 heteroatoms. The van der Waals surface area contributed by atoms with Crippen molar-refractivity contribution in [3.63, 3.8) is 0 Å². The number of sulfonamides is 1. The number of nitrogens with zero attached hydrogens (tertiary/aromatic N) is 1. The lowest BCUT2D eigenvalue weighted by Gasteiger charge is -2.29. The van der Waals surface area contributed by atoms with Gasteiger partial charge in [-0.05, 0) is 36.5 Å². The van der Waals surface area contributed by atoms with E-state index in [2.05, 4.69) is 0 Å². The lowest BCUT2D eigenvalue weighted by Crippen LogP contribution is -2.34. The van der Waals surface area contributed by atoms with E-state index in [4.69, 9.17) is 23.2 Å². The Balaban J connectivity index is 2.26. The van der Waals surface area contributed by atoms with E-state index in [0.29, 0.717) is 12.5 Å². The first kappa shape index (κ1) is 15.1. The van der Waals surface area contributed by atoms with Crippen molar-refractivity contribution in [2.45, 2.75) is 30.0 Å². The highest BCUT2D eigenvalue weighted by Crippen LogP contribution is 2.30. The largest absolute Gasteiger partial charge is 0.244 e. The van der Waals surface area contributed by atoms with Crippen molar-refractivity contribution in [2.24, 2.45) is 5.92 Å². The predicted octanol–water partition coefficient (Wildman–Crippen LogP) is 3.50. The molecular formula is C13H17Cl2NO2S. The van der Waals surface area contributed by atoms with E-state index in [1.54, 1.807) is 25.2 Å². The Kier molecular flexibility index (Phi) is 4.77. The fourth-order valence-electron chi connectivity index (χ4n) is 2.13. The van der Waals surface area contributed by atoms with Crippen molar-refractivity contribution in [3.05, 3.63) is 28.8 Å². The summed E-state index contributed by atoms with van der Waals surface area (Å²) in [5.41, 5.74) is 0.752. The molecule has 0 saturated heterocycles. The fourth-order valence-corrected chi connectivity index (χ4v) is 4.07. The maximum absolute atomic E-state index is 12.5. The van der Waals surface area contributed by atoms with E-state index < -0.39 is 10.0 Å². The van der Waals surface area contributed by atoms with E-state index in [-0.39, 0.29) is 15.8 Å². The van der Waals surface area contributed by atoms with Gasteiger partial charge >= 0.3 is 0 Å². The summed E-state index contributed by atoms with van der Waals surface area (Å²) >= 11 is 11.8. The lowest BCUT2D eigenvalue weighted by atomic mass is 9.86. The first-order valence-electron chi connectivity index (χ1n) is 6.26. The average molecular weight is 322 g/mol. The summed E-state index contributed by atoms with van der Waals surface area (Å²) in [6.45, 7) is 0.559. The monoisotopic (exact) mass is 321 g/mol. The molecule has 0 unspecified atom stereocenters. The fraction of sp³-hybridized carbons (Fsp3) is 0.538. The zero-order valence-corrected chi connectivity index (χ0v) is 13.1. The minimum Gasteiger partial charge on any atom is -0.207 e. The third kappa shape index (κ3) is 3.24. The van der Waals surface area contributed by atoms with Gasteiger partial charge in [0, 0.05) is 19.5 Å². The molecule has 0 radical (unpaired) electrons. The van der Waals surface area contributed by atoms with Crippen molar-refractivity contribution >= 4 is 33.2 Å². The van der Waals surface area contributed by atoms with Crippen LogP contribution >= 0.6 is 23.2 Å². The molecule has 0 aliphatic heterocycles. The third-order valence-corrected chi connectivity index (χ3v) is 6.19. The highest BCUT2D eigenvalue weighted by Gasteiger charge is 2.28. The Bertz CT molecular complexity index is 556. The van der Waals surface area contributed by atoms with Crippen molar-refractivity contribution in [2.75, 3.05) is 13.6 Å². The van der Waals surface area contributed by atoms with Crippen LogP contribution in [-0.4, -0.2) is 26.3 Å². The highest BCUT2D eigenvalue weighted by atomic mass is 35.5. The number of rotatable bonds is 5. The van der Waals surface area contributed by atoms with Gasteiger partial charge in [-0.25, -0.2) is 12.7 Å². The number of hydrogen-bond acceptors (Lipinski definition) is 2. The quantitative estimate of drug-likeness (QED) is 0.778. The molecule has 1 aromatic carbocycles. The van der Waals surface area contributed by atoms with Crippen LogP contribution in [0.4, 0.5) is 0 Å². The van der Waals surface area contributed by atoms with Crippen LogP contribution < -0.4 is 0 Å². The van der Waals surface area contributed by atoms with Gasteiger partial charge in [-0.2, -0.15) is 0 Å². The summed E-state index contributed by atoms with van der Waals surface area (Å²) in [6.07, 6.45) is 3.41. The van der Waals surface area contributed by atoms with E-state index >= 15 is 0 Å². The van der Waals surface area contributed by atoms with Crippen LogP contribution in [0, 0.1) is 5.92 Å². The Labute approximate surface area is 124 Å². The molecule has 1 aliphatic rings. The molecule has 19 heavy (non-hydrogen) atoms. The summed E-state index contributed by atoms with van der Waals surface area (Å²) in [4.78, 5) is 0.147. The van der Waals surface area contributed by atoms with Gasteiger partial charge in [0.15, 0.2) is 0 Å². The van der Waals surface area contributed by atoms with Crippen LogP contribution in [0.15, 0.2) is 23.1 Å². The molecule has 0 aromatic heterocycles. The topological polar surface area (TPSA) is 37.4 Å². The number of alkyl halides is 1. The molecule has 1 aliphatic carbocycles. The number of halogens is 2. The molecule has 0 N–H and O–H groups in total. The van der Waals surface area contributed by atoms with Gasteiger partial charge in [0.05, 0.1) is 5.02 Å². The maximum atomic E-state index is 12.5. The van der Waals surface area contributed by atoms with Gasteiger partial charge in [0.25, 0.3) is 0 Å². The second-order valence-corrected chi connectivity index (χ2v) is 7.67. The van der Waals surface area contributed by atoms with Gasteiger partial charge in [-0.15, -0.1) is 11.6 Å². The molecule has 106 valence electrons. The smallest absolute Gasteiger partial charge is 0.207 e. The van der Waals surface area contributed by atoms with E-state index in [1.165, 1.54) is 10.7 Å². The first-order valence-corrected chi connectivity index (χ1v) is 8.61. The molecule has 1 saturated carbocycles. The minimum atomic E-state index is -3.53.